The third kappa shape index (κ3) is 4.21. The molecule has 2 N–H and O–H groups in total. The Labute approximate surface area is 204 Å². The minimum Gasteiger partial charge on any atom is -0.394 e. The number of pyridine rings is 1. The lowest BCUT2D eigenvalue weighted by molar-refractivity contribution is 0.0683. The third-order valence-electron chi connectivity index (χ3n) is 6.30. The fourth-order valence-corrected chi connectivity index (χ4v) is 5.71. The van der Waals surface area contributed by atoms with Gasteiger partial charge in [0.15, 0.2) is 0 Å². The molecule has 0 saturated carbocycles. The summed E-state index contributed by atoms with van der Waals surface area (Å²) in [7, 11) is 0. The average molecular weight is 496 g/mol. The molecule has 0 aliphatic carbocycles. The standard InChI is InChI=1S/C26H23F2N3O3S/c1-15-13-17(6-10-21(15)28)29-23-20-9-11-22(33)31(18-7-4-16(27)5-8-18)26(20)35-24(23)25(34)30-12-2-3-19(30)14-32/h4-11,13,19,29,32H,2-3,12,14H2,1H3/t19-/m1/s1. The van der Waals surface area contributed by atoms with Gasteiger partial charge in [-0.05, 0) is 73.9 Å². The van der Waals surface area contributed by atoms with Crippen LogP contribution in [0.15, 0.2) is 59.4 Å². The van der Waals surface area contributed by atoms with Crippen molar-refractivity contribution in [2.24, 2.45) is 0 Å². The van der Waals surface area contributed by atoms with Gasteiger partial charge in [0.05, 0.1) is 24.0 Å². The Morgan fingerprint density at radius 2 is 1.91 bits per heavy atom. The number of carbonyl (C=O) groups excluding carboxylic acids is 1. The number of fused-ring (bicyclic) bond motifs is 1. The number of aryl methyl sites for hydroxylation is 1. The van der Waals surface area contributed by atoms with E-state index in [0.29, 0.717) is 50.7 Å². The van der Waals surface area contributed by atoms with E-state index in [0.717, 1.165) is 17.8 Å². The average Bonchev–Trinajstić information content (AvgIpc) is 3.47. The number of anilines is 2. The van der Waals surface area contributed by atoms with E-state index in [9.17, 15) is 23.5 Å². The first kappa shape index (κ1) is 23.2. The molecule has 1 saturated heterocycles. The maximum atomic E-state index is 13.9. The summed E-state index contributed by atoms with van der Waals surface area (Å²) in [5, 5.41) is 13.7. The van der Waals surface area contributed by atoms with Gasteiger partial charge in [0.25, 0.3) is 11.5 Å². The number of rotatable bonds is 5. The number of aliphatic hydroxyl groups excluding tert-OH is 1. The zero-order valence-electron chi connectivity index (χ0n) is 18.9. The second-order valence-corrected chi connectivity index (χ2v) is 9.57. The Bertz CT molecular complexity index is 1480. The number of benzene rings is 2. The highest BCUT2D eigenvalue weighted by Crippen LogP contribution is 2.39. The van der Waals surface area contributed by atoms with Crippen LogP contribution in [0.1, 0.15) is 28.1 Å². The van der Waals surface area contributed by atoms with Crippen molar-refractivity contribution in [3.8, 4) is 5.69 Å². The normalized spacial score (nSPS) is 15.7. The summed E-state index contributed by atoms with van der Waals surface area (Å²) < 4.78 is 28.9. The summed E-state index contributed by atoms with van der Waals surface area (Å²) in [5.41, 5.74) is 1.70. The van der Waals surface area contributed by atoms with E-state index in [-0.39, 0.29) is 29.9 Å². The molecule has 1 atom stereocenters. The fraction of sp³-hybridized carbons (Fsp3) is 0.231. The van der Waals surface area contributed by atoms with Crippen molar-refractivity contribution in [2.45, 2.75) is 25.8 Å². The van der Waals surface area contributed by atoms with Crippen LogP contribution in [0.3, 0.4) is 0 Å². The molecule has 1 aliphatic heterocycles. The molecule has 35 heavy (non-hydrogen) atoms. The number of aromatic nitrogens is 1. The predicted molar refractivity (Wildman–Crippen MR) is 133 cm³/mol. The lowest BCUT2D eigenvalue weighted by atomic mass is 10.1. The third-order valence-corrected chi connectivity index (χ3v) is 7.48. The van der Waals surface area contributed by atoms with Crippen molar-refractivity contribution in [1.29, 1.82) is 0 Å². The van der Waals surface area contributed by atoms with Gasteiger partial charge in [-0.3, -0.25) is 14.2 Å². The molecule has 0 bridgehead atoms. The van der Waals surface area contributed by atoms with Crippen LogP contribution >= 0.6 is 11.3 Å². The molecule has 4 aromatic rings. The maximum Gasteiger partial charge on any atom is 0.266 e. The zero-order chi connectivity index (χ0) is 24.7. The van der Waals surface area contributed by atoms with Gasteiger partial charge in [-0.1, -0.05) is 0 Å². The summed E-state index contributed by atoms with van der Waals surface area (Å²) in [4.78, 5) is 29.1. The van der Waals surface area contributed by atoms with E-state index in [4.69, 9.17) is 0 Å². The quantitative estimate of drug-likeness (QED) is 0.410. The number of likely N-dealkylation sites (tertiary alicyclic amines) is 1. The van der Waals surface area contributed by atoms with Gasteiger partial charge in [0, 0.05) is 23.7 Å². The lowest BCUT2D eigenvalue weighted by Gasteiger charge is -2.23. The molecule has 9 heteroatoms. The molecule has 2 aromatic heterocycles. The Hall–Kier alpha value is -3.56. The highest BCUT2D eigenvalue weighted by Gasteiger charge is 2.32. The van der Waals surface area contributed by atoms with Gasteiger partial charge in [-0.15, -0.1) is 11.3 Å². The molecule has 0 spiro atoms. The maximum absolute atomic E-state index is 13.9. The van der Waals surface area contributed by atoms with Crippen molar-refractivity contribution in [1.82, 2.24) is 9.47 Å². The molecule has 1 fully saturated rings. The number of hydrogen-bond acceptors (Lipinski definition) is 5. The monoisotopic (exact) mass is 495 g/mol. The molecule has 5 rings (SSSR count). The highest BCUT2D eigenvalue weighted by atomic mass is 32.1. The number of aliphatic hydroxyl groups is 1. The van der Waals surface area contributed by atoms with E-state index in [1.165, 1.54) is 41.0 Å². The van der Waals surface area contributed by atoms with Crippen LogP contribution in [0.2, 0.25) is 0 Å². The molecular formula is C26H23F2N3O3S. The molecule has 3 heterocycles. The van der Waals surface area contributed by atoms with Crippen molar-refractivity contribution < 1.29 is 18.7 Å². The predicted octanol–water partition coefficient (Wildman–Crippen LogP) is 4.98. The van der Waals surface area contributed by atoms with E-state index in [2.05, 4.69) is 5.32 Å². The van der Waals surface area contributed by atoms with Crippen molar-refractivity contribution in [3.63, 3.8) is 0 Å². The molecule has 2 aromatic carbocycles. The summed E-state index contributed by atoms with van der Waals surface area (Å²) in [6.07, 6.45) is 1.51. The summed E-state index contributed by atoms with van der Waals surface area (Å²) in [6.45, 7) is 2.05. The topological polar surface area (TPSA) is 74.6 Å². The van der Waals surface area contributed by atoms with E-state index in [1.807, 2.05) is 0 Å². The van der Waals surface area contributed by atoms with E-state index >= 15 is 0 Å². The van der Waals surface area contributed by atoms with Crippen LogP contribution in [0.4, 0.5) is 20.2 Å². The highest BCUT2D eigenvalue weighted by molar-refractivity contribution is 7.21. The zero-order valence-corrected chi connectivity index (χ0v) is 19.7. The van der Waals surface area contributed by atoms with Crippen LogP contribution in [0, 0.1) is 18.6 Å². The summed E-state index contributed by atoms with van der Waals surface area (Å²) in [5.74, 6) is -1.01. The number of carbonyl (C=O) groups is 1. The minimum absolute atomic E-state index is 0.128. The van der Waals surface area contributed by atoms with Gasteiger partial charge in [0.2, 0.25) is 0 Å². The van der Waals surface area contributed by atoms with E-state index in [1.54, 1.807) is 30.0 Å². The fourth-order valence-electron chi connectivity index (χ4n) is 4.48. The molecular weight excluding hydrogens is 472 g/mol. The Balaban J connectivity index is 1.71. The van der Waals surface area contributed by atoms with Gasteiger partial charge in [0.1, 0.15) is 21.3 Å². The van der Waals surface area contributed by atoms with Gasteiger partial charge >= 0.3 is 0 Å². The van der Waals surface area contributed by atoms with Crippen LogP contribution < -0.4 is 10.9 Å². The molecule has 1 amide bonds. The SMILES string of the molecule is Cc1cc(Nc2c(C(=O)N3CCC[C@@H]3CO)sc3c2ccc(=O)n3-c2ccc(F)cc2)ccc1F. The van der Waals surface area contributed by atoms with Gasteiger partial charge in [-0.2, -0.15) is 0 Å². The van der Waals surface area contributed by atoms with Crippen LogP contribution in [0.25, 0.3) is 15.9 Å². The summed E-state index contributed by atoms with van der Waals surface area (Å²) in [6, 6.07) is 12.9. The van der Waals surface area contributed by atoms with Crippen molar-refractivity contribution in [2.75, 3.05) is 18.5 Å². The van der Waals surface area contributed by atoms with Crippen molar-refractivity contribution >= 4 is 38.8 Å². The van der Waals surface area contributed by atoms with Crippen LogP contribution in [0.5, 0.6) is 0 Å². The van der Waals surface area contributed by atoms with Crippen molar-refractivity contribution in [3.05, 3.63) is 87.0 Å². The largest absolute Gasteiger partial charge is 0.394 e. The smallest absolute Gasteiger partial charge is 0.266 e. The summed E-state index contributed by atoms with van der Waals surface area (Å²) >= 11 is 1.16. The first-order valence-electron chi connectivity index (χ1n) is 11.3. The molecule has 0 radical (unpaired) electrons. The molecule has 0 unspecified atom stereocenters. The molecule has 1 aliphatic rings. The number of amides is 1. The molecule has 6 nitrogen and oxygen atoms in total. The van der Waals surface area contributed by atoms with E-state index < -0.39 is 5.82 Å². The number of halogens is 2. The first-order valence-corrected chi connectivity index (χ1v) is 12.1. The Morgan fingerprint density at radius 3 is 2.63 bits per heavy atom. The molecule has 180 valence electrons. The number of nitrogens with one attached hydrogen (secondary N) is 1. The van der Waals surface area contributed by atoms with Gasteiger partial charge in [-0.25, -0.2) is 8.78 Å². The number of thiophene rings is 1. The first-order chi connectivity index (χ1) is 16.9. The second kappa shape index (κ2) is 9.24. The van der Waals surface area contributed by atoms with Crippen LogP contribution in [-0.2, 0) is 0 Å². The minimum atomic E-state index is -0.422. The Kier molecular flexibility index (Phi) is 6.12. The Morgan fingerprint density at radius 1 is 1.14 bits per heavy atom. The number of hydrogen-bond donors (Lipinski definition) is 2. The van der Waals surface area contributed by atoms with Gasteiger partial charge < -0.3 is 15.3 Å². The number of nitrogens with zero attached hydrogens (tertiary/aromatic N) is 2. The lowest BCUT2D eigenvalue weighted by Crippen LogP contribution is -2.37. The second-order valence-electron chi connectivity index (χ2n) is 8.57. The van der Waals surface area contributed by atoms with Crippen LogP contribution in [-0.4, -0.2) is 39.7 Å².